The minimum Gasteiger partial charge on any atom is -0.457 e. The standard InChI is InChI=1S/C27H31N5O4/c1-27(2,3)36-26(34)32-15-7-8-19(16-32)31-25-22(24(28)29-17-30-25)23(33)18-11-13-21(14-12-18)35-20-9-5-4-6-10-20/h4-6,9-14,17,19H,7-8,15-16H2,1-3H3,(H3,28,29,30,31)/t19-/m1/s1. The van der Waals surface area contributed by atoms with Crippen molar-refractivity contribution in [2.24, 2.45) is 0 Å². The van der Waals surface area contributed by atoms with Crippen LogP contribution >= 0.6 is 0 Å². The zero-order valence-corrected chi connectivity index (χ0v) is 20.7. The van der Waals surface area contributed by atoms with Crippen LogP contribution in [0, 0.1) is 0 Å². The fraction of sp³-hybridized carbons (Fsp3) is 0.333. The molecule has 1 aliphatic heterocycles. The quantitative estimate of drug-likeness (QED) is 0.470. The van der Waals surface area contributed by atoms with Gasteiger partial charge in [0.05, 0.1) is 0 Å². The average molecular weight is 490 g/mol. The number of aromatic nitrogens is 2. The predicted octanol–water partition coefficient (Wildman–Crippen LogP) is 4.89. The highest BCUT2D eigenvalue weighted by Gasteiger charge is 2.29. The second-order valence-corrected chi connectivity index (χ2v) is 9.66. The van der Waals surface area contributed by atoms with E-state index in [9.17, 15) is 9.59 Å². The van der Waals surface area contributed by atoms with Crippen LogP contribution in [0.25, 0.3) is 0 Å². The zero-order chi connectivity index (χ0) is 25.7. The summed E-state index contributed by atoms with van der Waals surface area (Å²) >= 11 is 0. The monoisotopic (exact) mass is 489 g/mol. The lowest BCUT2D eigenvalue weighted by Crippen LogP contribution is -2.47. The number of nitrogens with zero attached hydrogens (tertiary/aromatic N) is 3. The van der Waals surface area contributed by atoms with Crippen LogP contribution in [0.2, 0.25) is 0 Å². The molecule has 4 rings (SSSR count). The number of anilines is 2. The van der Waals surface area contributed by atoms with Crippen LogP contribution in [-0.4, -0.2) is 51.5 Å². The van der Waals surface area contributed by atoms with E-state index in [1.807, 2.05) is 51.1 Å². The van der Waals surface area contributed by atoms with Gasteiger partial charge in [0.1, 0.15) is 40.6 Å². The number of para-hydroxylation sites is 1. The molecule has 1 aromatic heterocycles. The Bertz CT molecular complexity index is 1210. The van der Waals surface area contributed by atoms with Gasteiger partial charge in [0.15, 0.2) is 5.78 Å². The third-order valence-corrected chi connectivity index (χ3v) is 5.61. The normalized spacial score (nSPS) is 15.8. The molecule has 3 aromatic rings. The number of nitrogens with one attached hydrogen (secondary N) is 1. The molecule has 1 atom stereocenters. The molecule has 0 unspecified atom stereocenters. The molecule has 188 valence electrons. The lowest BCUT2D eigenvalue weighted by Gasteiger charge is -2.34. The van der Waals surface area contributed by atoms with Gasteiger partial charge in [-0.25, -0.2) is 14.8 Å². The number of carbonyl (C=O) groups is 2. The largest absolute Gasteiger partial charge is 0.457 e. The second-order valence-electron chi connectivity index (χ2n) is 9.66. The van der Waals surface area contributed by atoms with Gasteiger partial charge in [-0.15, -0.1) is 0 Å². The summed E-state index contributed by atoms with van der Waals surface area (Å²) in [6.07, 6.45) is 2.57. The number of piperidine rings is 1. The van der Waals surface area contributed by atoms with E-state index in [-0.39, 0.29) is 29.3 Å². The molecule has 0 aliphatic carbocycles. The van der Waals surface area contributed by atoms with E-state index in [0.29, 0.717) is 36.0 Å². The molecule has 0 radical (unpaired) electrons. The highest BCUT2D eigenvalue weighted by molar-refractivity contribution is 6.14. The molecule has 9 nitrogen and oxygen atoms in total. The topological polar surface area (TPSA) is 120 Å². The van der Waals surface area contributed by atoms with Gasteiger partial charge in [0.2, 0.25) is 0 Å². The predicted molar refractivity (Wildman–Crippen MR) is 137 cm³/mol. The molecule has 0 saturated carbocycles. The Morgan fingerprint density at radius 3 is 2.42 bits per heavy atom. The Hall–Kier alpha value is -4.14. The van der Waals surface area contributed by atoms with Crippen molar-refractivity contribution in [2.75, 3.05) is 24.1 Å². The van der Waals surface area contributed by atoms with E-state index in [4.69, 9.17) is 15.2 Å². The summed E-state index contributed by atoms with van der Waals surface area (Å²) in [5, 5.41) is 3.31. The Balaban J connectivity index is 1.48. The first-order valence-electron chi connectivity index (χ1n) is 11.9. The number of nitrogen functional groups attached to an aromatic ring is 1. The van der Waals surface area contributed by atoms with Crippen molar-refractivity contribution >= 4 is 23.5 Å². The van der Waals surface area contributed by atoms with Crippen LogP contribution < -0.4 is 15.8 Å². The molecule has 9 heteroatoms. The van der Waals surface area contributed by atoms with Gasteiger partial charge in [-0.2, -0.15) is 0 Å². The van der Waals surface area contributed by atoms with Crippen molar-refractivity contribution in [2.45, 2.75) is 45.3 Å². The Morgan fingerprint density at radius 1 is 1.03 bits per heavy atom. The zero-order valence-electron chi connectivity index (χ0n) is 20.7. The molecule has 36 heavy (non-hydrogen) atoms. The molecule has 1 saturated heterocycles. The molecular formula is C27H31N5O4. The van der Waals surface area contributed by atoms with Gasteiger partial charge in [-0.05, 0) is 70.0 Å². The van der Waals surface area contributed by atoms with E-state index in [2.05, 4.69) is 15.3 Å². The number of rotatable bonds is 6. The average Bonchev–Trinajstić information content (AvgIpc) is 2.84. The summed E-state index contributed by atoms with van der Waals surface area (Å²) < 4.78 is 11.3. The molecule has 0 bridgehead atoms. The van der Waals surface area contributed by atoms with Crippen molar-refractivity contribution in [1.82, 2.24) is 14.9 Å². The maximum absolute atomic E-state index is 13.4. The number of nitrogens with two attached hydrogens (primary N) is 1. The Morgan fingerprint density at radius 2 is 1.72 bits per heavy atom. The molecule has 1 amide bonds. The van der Waals surface area contributed by atoms with Gasteiger partial charge in [0, 0.05) is 24.7 Å². The first-order valence-corrected chi connectivity index (χ1v) is 11.9. The molecule has 2 aromatic carbocycles. The van der Waals surface area contributed by atoms with E-state index in [1.165, 1.54) is 6.33 Å². The van der Waals surface area contributed by atoms with Gasteiger partial charge in [-0.3, -0.25) is 4.79 Å². The summed E-state index contributed by atoms with van der Waals surface area (Å²) in [4.78, 5) is 35.9. The van der Waals surface area contributed by atoms with E-state index in [0.717, 1.165) is 12.8 Å². The molecule has 3 N–H and O–H groups in total. The summed E-state index contributed by atoms with van der Waals surface area (Å²) in [5.41, 5.74) is 6.18. The van der Waals surface area contributed by atoms with Gasteiger partial charge in [-0.1, -0.05) is 18.2 Å². The maximum atomic E-state index is 13.4. The molecule has 0 spiro atoms. The minimum absolute atomic E-state index is 0.0851. The van der Waals surface area contributed by atoms with E-state index < -0.39 is 5.60 Å². The third kappa shape index (κ3) is 6.29. The Labute approximate surface area is 210 Å². The van der Waals surface area contributed by atoms with Crippen LogP contribution in [0.3, 0.4) is 0 Å². The number of amides is 1. The SMILES string of the molecule is CC(C)(C)OC(=O)N1CCC[C@@H](Nc2ncnc(N)c2C(=O)c2ccc(Oc3ccccc3)cc2)C1. The lowest BCUT2D eigenvalue weighted by molar-refractivity contribution is 0.0206. The summed E-state index contributed by atoms with van der Waals surface area (Å²) in [5.74, 6) is 1.44. The van der Waals surface area contributed by atoms with Crippen LogP contribution in [-0.2, 0) is 4.74 Å². The Kier molecular flexibility index (Phi) is 7.38. The first-order chi connectivity index (χ1) is 17.2. The minimum atomic E-state index is -0.570. The van der Waals surface area contributed by atoms with Crippen LogP contribution in [0.1, 0.15) is 49.5 Å². The van der Waals surface area contributed by atoms with Crippen molar-refractivity contribution < 1.29 is 19.1 Å². The highest BCUT2D eigenvalue weighted by atomic mass is 16.6. The number of likely N-dealkylation sites (tertiary alicyclic amines) is 1. The van der Waals surface area contributed by atoms with Crippen molar-refractivity contribution in [1.29, 1.82) is 0 Å². The molecule has 1 fully saturated rings. The number of carbonyl (C=O) groups excluding carboxylic acids is 2. The van der Waals surface area contributed by atoms with Gasteiger partial charge in [0.25, 0.3) is 0 Å². The fourth-order valence-electron chi connectivity index (χ4n) is 3.96. The summed E-state index contributed by atoms with van der Waals surface area (Å²) in [6, 6.07) is 16.1. The van der Waals surface area contributed by atoms with E-state index in [1.54, 1.807) is 29.2 Å². The van der Waals surface area contributed by atoms with Crippen LogP contribution in [0.15, 0.2) is 60.9 Å². The number of ketones is 1. The van der Waals surface area contributed by atoms with Crippen molar-refractivity contribution in [3.63, 3.8) is 0 Å². The highest BCUT2D eigenvalue weighted by Crippen LogP contribution is 2.27. The number of ether oxygens (including phenoxy) is 2. The second kappa shape index (κ2) is 10.6. The number of hydrogen-bond acceptors (Lipinski definition) is 8. The van der Waals surface area contributed by atoms with Crippen molar-refractivity contribution in [3.8, 4) is 11.5 Å². The summed E-state index contributed by atoms with van der Waals surface area (Å²) in [7, 11) is 0. The summed E-state index contributed by atoms with van der Waals surface area (Å²) in [6.45, 7) is 6.56. The number of hydrogen-bond donors (Lipinski definition) is 2. The first kappa shape index (κ1) is 25.0. The smallest absolute Gasteiger partial charge is 0.410 e. The van der Waals surface area contributed by atoms with Gasteiger partial charge < -0.3 is 25.4 Å². The van der Waals surface area contributed by atoms with Gasteiger partial charge >= 0.3 is 6.09 Å². The number of benzene rings is 2. The third-order valence-electron chi connectivity index (χ3n) is 5.61. The molecular weight excluding hydrogens is 458 g/mol. The maximum Gasteiger partial charge on any atom is 0.410 e. The lowest BCUT2D eigenvalue weighted by atomic mass is 10.0. The fourth-order valence-corrected chi connectivity index (χ4v) is 3.96. The van der Waals surface area contributed by atoms with E-state index >= 15 is 0 Å². The molecule has 1 aliphatic rings. The van der Waals surface area contributed by atoms with Crippen molar-refractivity contribution in [3.05, 3.63) is 72.1 Å². The van der Waals surface area contributed by atoms with Crippen LogP contribution in [0.5, 0.6) is 11.5 Å². The van der Waals surface area contributed by atoms with Crippen LogP contribution in [0.4, 0.5) is 16.4 Å². The molecule has 2 heterocycles.